The number of amides is 1. The van der Waals surface area contributed by atoms with Crippen molar-refractivity contribution in [3.8, 4) is 0 Å². The van der Waals surface area contributed by atoms with Crippen LogP contribution < -0.4 is 16.4 Å². The minimum absolute atomic E-state index is 0.367. The van der Waals surface area contributed by atoms with E-state index in [-0.39, 0.29) is 0 Å². The molecule has 0 bridgehead atoms. The average Bonchev–Trinajstić information content (AvgIpc) is 2.38. The maximum Gasteiger partial charge on any atom is 0.250 e. The number of nitrogen functional groups attached to an aromatic ring is 1. The van der Waals surface area contributed by atoms with Crippen molar-refractivity contribution in [1.29, 1.82) is 0 Å². The number of piperidine rings is 1. The quantitative estimate of drug-likeness (QED) is 0.815. The molecule has 1 aromatic rings. The Morgan fingerprint density at radius 2 is 1.85 bits per heavy atom. The third-order valence-corrected chi connectivity index (χ3v) is 4.39. The van der Waals surface area contributed by atoms with E-state index in [4.69, 9.17) is 11.5 Å². The van der Waals surface area contributed by atoms with Gasteiger partial charge in [0, 0.05) is 24.5 Å². The maximum absolute atomic E-state index is 11.4. The normalized spacial score (nSPS) is 17.2. The van der Waals surface area contributed by atoms with Crippen LogP contribution in [0.1, 0.15) is 44.0 Å². The predicted molar refractivity (Wildman–Crippen MR) is 83.8 cm³/mol. The number of carbonyl (C=O) groups excluding carboxylic acids is 1. The number of hydrogen-bond acceptors (Lipinski definition) is 3. The second-order valence-corrected chi connectivity index (χ2v) is 6.76. The Kier molecular flexibility index (Phi) is 3.93. The fourth-order valence-electron chi connectivity index (χ4n) is 2.96. The van der Waals surface area contributed by atoms with Crippen LogP contribution >= 0.6 is 0 Å². The smallest absolute Gasteiger partial charge is 0.250 e. The van der Waals surface area contributed by atoms with Gasteiger partial charge in [-0.1, -0.05) is 20.8 Å². The Morgan fingerprint density at radius 3 is 2.35 bits per heavy atom. The number of hydrogen-bond donors (Lipinski definition) is 2. The molecule has 0 unspecified atom stereocenters. The van der Waals surface area contributed by atoms with Crippen LogP contribution in [-0.4, -0.2) is 19.0 Å². The summed E-state index contributed by atoms with van der Waals surface area (Å²) in [5.74, 6) is 0.289. The second kappa shape index (κ2) is 5.35. The Bertz CT molecular complexity index is 497. The third kappa shape index (κ3) is 3.06. The molecular formula is C16H25N3O. The summed E-state index contributed by atoms with van der Waals surface area (Å²) in [4.78, 5) is 13.7. The van der Waals surface area contributed by atoms with Crippen molar-refractivity contribution in [1.82, 2.24) is 0 Å². The zero-order valence-electron chi connectivity index (χ0n) is 12.6. The van der Waals surface area contributed by atoms with E-state index in [1.54, 1.807) is 6.07 Å². The summed E-state index contributed by atoms with van der Waals surface area (Å²) in [5.41, 5.74) is 13.4. The van der Waals surface area contributed by atoms with Crippen molar-refractivity contribution >= 4 is 17.3 Å². The molecule has 110 valence electrons. The first-order valence-corrected chi connectivity index (χ1v) is 7.23. The molecule has 0 aliphatic carbocycles. The molecular weight excluding hydrogens is 250 g/mol. The summed E-state index contributed by atoms with van der Waals surface area (Å²) < 4.78 is 0. The first-order chi connectivity index (χ1) is 9.29. The Balaban J connectivity index is 2.11. The standard InChI is InChI=1S/C16H25N3O/c1-16(2,3)11-6-8-19(9-7-11)12-4-5-14(17)13(10-12)15(18)20/h4-5,10-11H,6-9,17H2,1-3H3,(H2,18,20). The van der Waals surface area contributed by atoms with E-state index in [1.807, 2.05) is 12.1 Å². The molecule has 0 saturated carbocycles. The number of carbonyl (C=O) groups is 1. The highest BCUT2D eigenvalue weighted by Gasteiger charge is 2.29. The number of anilines is 2. The lowest BCUT2D eigenvalue weighted by Gasteiger charge is -2.39. The van der Waals surface area contributed by atoms with Crippen LogP contribution in [0.15, 0.2) is 18.2 Å². The first kappa shape index (κ1) is 14.7. The van der Waals surface area contributed by atoms with Crippen LogP contribution in [0.2, 0.25) is 0 Å². The lowest BCUT2D eigenvalue weighted by atomic mass is 9.75. The maximum atomic E-state index is 11.4. The lowest BCUT2D eigenvalue weighted by Crippen LogP contribution is -2.38. The van der Waals surface area contributed by atoms with E-state index >= 15 is 0 Å². The summed E-state index contributed by atoms with van der Waals surface area (Å²) in [6.45, 7) is 8.96. The largest absolute Gasteiger partial charge is 0.398 e. The van der Waals surface area contributed by atoms with Gasteiger partial charge in [0.2, 0.25) is 0 Å². The monoisotopic (exact) mass is 275 g/mol. The van der Waals surface area contributed by atoms with Crippen molar-refractivity contribution in [2.75, 3.05) is 23.7 Å². The Hall–Kier alpha value is -1.71. The van der Waals surface area contributed by atoms with Gasteiger partial charge < -0.3 is 16.4 Å². The minimum Gasteiger partial charge on any atom is -0.398 e. The molecule has 0 aromatic heterocycles. The van der Waals surface area contributed by atoms with Crippen LogP contribution in [0.3, 0.4) is 0 Å². The van der Waals surface area contributed by atoms with Crippen molar-refractivity contribution in [2.24, 2.45) is 17.1 Å². The van der Waals surface area contributed by atoms with Gasteiger partial charge in [0.15, 0.2) is 0 Å². The van der Waals surface area contributed by atoms with Gasteiger partial charge in [0.25, 0.3) is 5.91 Å². The summed E-state index contributed by atoms with van der Waals surface area (Å²) in [7, 11) is 0. The molecule has 1 aliphatic heterocycles. The Labute approximate surface area is 121 Å². The van der Waals surface area contributed by atoms with Gasteiger partial charge >= 0.3 is 0 Å². The molecule has 1 amide bonds. The number of benzene rings is 1. The van der Waals surface area contributed by atoms with Gasteiger partial charge in [-0.3, -0.25) is 4.79 Å². The third-order valence-electron chi connectivity index (χ3n) is 4.39. The van der Waals surface area contributed by atoms with E-state index < -0.39 is 5.91 Å². The first-order valence-electron chi connectivity index (χ1n) is 7.23. The van der Waals surface area contributed by atoms with Crippen molar-refractivity contribution in [3.05, 3.63) is 23.8 Å². The SMILES string of the molecule is CC(C)(C)C1CCN(c2ccc(N)c(C(N)=O)c2)CC1. The minimum atomic E-state index is -0.464. The highest BCUT2D eigenvalue weighted by atomic mass is 16.1. The molecule has 0 radical (unpaired) electrons. The zero-order valence-corrected chi connectivity index (χ0v) is 12.6. The van der Waals surface area contributed by atoms with Gasteiger partial charge in [-0.15, -0.1) is 0 Å². The van der Waals surface area contributed by atoms with E-state index in [0.29, 0.717) is 16.7 Å². The predicted octanol–water partition coefficient (Wildman–Crippen LogP) is 2.63. The summed E-state index contributed by atoms with van der Waals surface area (Å²) in [6, 6.07) is 5.56. The fourth-order valence-corrected chi connectivity index (χ4v) is 2.96. The molecule has 0 spiro atoms. The van der Waals surface area contributed by atoms with Crippen LogP contribution in [0.4, 0.5) is 11.4 Å². The molecule has 2 rings (SSSR count). The Morgan fingerprint density at radius 1 is 1.25 bits per heavy atom. The topological polar surface area (TPSA) is 72.3 Å². The summed E-state index contributed by atoms with van der Waals surface area (Å²) in [6.07, 6.45) is 2.36. The molecule has 4 heteroatoms. The van der Waals surface area contributed by atoms with Crippen molar-refractivity contribution in [2.45, 2.75) is 33.6 Å². The van der Waals surface area contributed by atoms with Gasteiger partial charge in [0.05, 0.1) is 5.56 Å². The van der Waals surface area contributed by atoms with E-state index in [1.165, 1.54) is 12.8 Å². The van der Waals surface area contributed by atoms with E-state index in [9.17, 15) is 4.79 Å². The van der Waals surface area contributed by atoms with Crippen LogP contribution in [0.5, 0.6) is 0 Å². The molecule has 1 aromatic carbocycles. The molecule has 1 fully saturated rings. The van der Waals surface area contributed by atoms with Crippen LogP contribution in [0, 0.1) is 11.3 Å². The number of primary amides is 1. The van der Waals surface area contributed by atoms with Gasteiger partial charge in [-0.25, -0.2) is 0 Å². The number of nitrogens with two attached hydrogens (primary N) is 2. The fraction of sp³-hybridized carbons (Fsp3) is 0.562. The van der Waals surface area contributed by atoms with Crippen LogP contribution in [0.25, 0.3) is 0 Å². The van der Waals surface area contributed by atoms with E-state index in [0.717, 1.165) is 24.7 Å². The van der Waals surface area contributed by atoms with Gasteiger partial charge in [-0.05, 0) is 42.4 Å². The zero-order chi connectivity index (χ0) is 14.9. The van der Waals surface area contributed by atoms with Gasteiger partial charge in [0.1, 0.15) is 0 Å². The molecule has 1 saturated heterocycles. The van der Waals surface area contributed by atoms with Crippen molar-refractivity contribution < 1.29 is 4.79 Å². The summed E-state index contributed by atoms with van der Waals surface area (Å²) >= 11 is 0. The summed E-state index contributed by atoms with van der Waals surface area (Å²) in [5, 5.41) is 0. The van der Waals surface area contributed by atoms with E-state index in [2.05, 4.69) is 25.7 Å². The molecule has 4 nitrogen and oxygen atoms in total. The number of nitrogens with zero attached hydrogens (tertiary/aromatic N) is 1. The molecule has 4 N–H and O–H groups in total. The molecule has 20 heavy (non-hydrogen) atoms. The second-order valence-electron chi connectivity index (χ2n) is 6.76. The molecule has 0 atom stereocenters. The lowest BCUT2D eigenvalue weighted by molar-refractivity contribution is 0.100. The highest BCUT2D eigenvalue weighted by Crippen LogP contribution is 2.35. The highest BCUT2D eigenvalue weighted by molar-refractivity contribution is 5.99. The number of rotatable bonds is 2. The van der Waals surface area contributed by atoms with Crippen molar-refractivity contribution in [3.63, 3.8) is 0 Å². The molecule has 1 heterocycles. The van der Waals surface area contributed by atoms with Gasteiger partial charge in [-0.2, -0.15) is 0 Å². The molecule has 1 aliphatic rings. The van der Waals surface area contributed by atoms with Crippen LogP contribution in [-0.2, 0) is 0 Å². The average molecular weight is 275 g/mol.